The maximum atomic E-state index is 13.5. The number of aromatic nitrogens is 3. The smallest absolute Gasteiger partial charge is 0.330 e. The third-order valence-electron chi connectivity index (χ3n) is 5.98. The summed E-state index contributed by atoms with van der Waals surface area (Å²) in [6.07, 6.45) is 5.00. The number of hydrogen-bond donors (Lipinski definition) is 2. The molecule has 10 heteroatoms. The van der Waals surface area contributed by atoms with E-state index in [2.05, 4.69) is 20.9 Å². The predicted octanol–water partition coefficient (Wildman–Crippen LogP) is 1.85. The van der Waals surface area contributed by atoms with E-state index < -0.39 is 11.2 Å². The van der Waals surface area contributed by atoms with Gasteiger partial charge in [0.2, 0.25) is 5.91 Å². The first-order valence-corrected chi connectivity index (χ1v) is 11.5. The van der Waals surface area contributed by atoms with E-state index in [9.17, 15) is 14.4 Å². The first-order chi connectivity index (χ1) is 15.9. The van der Waals surface area contributed by atoms with Crippen LogP contribution in [0.4, 0.5) is 17.3 Å². The Morgan fingerprint density at radius 3 is 2.58 bits per heavy atom. The number of anilines is 3. The molecule has 0 bridgehead atoms. The second-order valence-electron chi connectivity index (χ2n) is 8.27. The molecule has 33 heavy (non-hydrogen) atoms. The number of piperidine rings is 1. The fourth-order valence-electron chi connectivity index (χ4n) is 4.15. The Morgan fingerprint density at radius 2 is 2.00 bits per heavy atom. The summed E-state index contributed by atoms with van der Waals surface area (Å²) in [5.41, 5.74) is 5.63. The van der Waals surface area contributed by atoms with Gasteiger partial charge in [0.25, 0.3) is 5.56 Å². The highest BCUT2D eigenvalue weighted by Gasteiger charge is 2.32. The molecule has 0 atom stereocenters. The quantitative estimate of drug-likeness (QED) is 0.621. The number of hydrogen-bond acceptors (Lipinski definition) is 7. The van der Waals surface area contributed by atoms with Crippen LogP contribution in [0.3, 0.4) is 0 Å². The SMILES string of the molecule is CCCCn1c(N)c(N(CCC)C(=O)C2CCN(c3ccc(C#N)cn3)CC2)c(=O)[nH]c1=O. The number of aromatic amines is 1. The van der Waals surface area contributed by atoms with E-state index in [1.54, 1.807) is 6.07 Å². The molecule has 1 saturated heterocycles. The molecule has 0 radical (unpaired) electrons. The highest BCUT2D eigenvalue weighted by molar-refractivity contribution is 5.97. The van der Waals surface area contributed by atoms with Crippen molar-refractivity contribution in [2.75, 3.05) is 35.2 Å². The van der Waals surface area contributed by atoms with Crippen molar-refractivity contribution in [2.45, 2.75) is 52.5 Å². The zero-order valence-electron chi connectivity index (χ0n) is 19.2. The minimum Gasteiger partial charge on any atom is -0.383 e. The highest BCUT2D eigenvalue weighted by Crippen LogP contribution is 2.27. The van der Waals surface area contributed by atoms with Crippen LogP contribution in [0.15, 0.2) is 27.9 Å². The molecule has 0 unspecified atom stereocenters. The molecule has 0 aromatic carbocycles. The minimum absolute atomic E-state index is 0.0400. The number of amides is 1. The van der Waals surface area contributed by atoms with Crippen molar-refractivity contribution in [3.63, 3.8) is 0 Å². The Bertz CT molecular complexity index is 1120. The molecular weight excluding hydrogens is 422 g/mol. The van der Waals surface area contributed by atoms with Crippen LogP contribution < -0.4 is 26.8 Å². The average Bonchev–Trinajstić information content (AvgIpc) is 2.83. The Labute approximate surface area is 192 Å². The molecule has 3 rings (SSSR count). The van der Waals surface area contributed by atoms with Gasteiger partial charge in [0.05, 0.1) is 5.56 Å². The molecule has 2 aromatic heterocycles. The molecule has 2 aromatic rings. The topological polar surface area (TPSA) is 141 Å². The number of unbranched alkanes of at least 4 members (excludes halogenated alkanes) is 1. The number of nitrogens with zero attached hydrogens (tertiary/aromatic N) is 5. The van der Waals surface area contributed by atoms with Crippen molar-refractivity contribution in [3.8, 4) is 6.07 Å². The van der Waals surface area contributed by atoms with Crippen LogP contribution in [0.1, 0.15) is 51.5 Å². The van der Waals surface area contributed by atoms with Crippen molar-refractivity contribution in [3.05, 3.63) is 44.7 Å². The van der Waals surface area contributed by atoms with Gasteiger partial charge in [0, 0.05) is 38.3 Å². The lowest BCUT2D eigenvalue weighted by Gasteiger charge is -2.35. The molecule has 176 valence electrons. The summed E-state index contributed by atoms with van der Waals surface area (Å²) in [5, 5.41) is 8.94. The summed E-state index contributed by atoms with van der Waals surface area (Å²) >= 11 is 0. The Hall–Kier alpha value is -3.61. The molecule has 1 aliphatic rings. The predicted molar refractivity (Wildman–Crippen MR) is 127 cm³/mol. The number of nitriles is 1. The van der Waals surface area contributed by atoms with Gasteiger partial charge >= 0.3 is 5.69 Å². The van der Waals surface area contributed by atoms with Gasteiger partial charge in [-0.25, -0.2) is 9.78 Å². The zero-order valence-corrected chi connectivity index (χ0v) is 19.2. The lowest BCUT2D eigenvalue weighted by molar-refractivity contribution is -0.123. The van der Waals surface area contributed by atoms with Crippen LogP contribution in [0.25, 0.3) is 0 Å². The van der Waals surface area contributed by atoms with Gasteiger partial charge in [-0.15, -0.1) is 0 Å². The molecule has 0 spiro atoms. The standard InChI is InChI=1S/C23H31N7O3/c1-3-5-11-30-20(25)19(21(31)27-23(30)33)29(10-4-2)22(32)17-8-12-28(13-9-17)18-7-6-16(14-24)15-26-18/h6-7,15,17H,3-5,8-13,25H2,1-2H3,(H,27,31,33). The molecule has 10 nitrogen and oxygen atoms in total. The van der Waals surface area contributed by atoms with Gasteiger partial charge in [0.15, 0.2) is 5.69 Å². The Kier molecular flexibility index (Phi) is 7.87. The lowest BCUT2D eigenvalue weighted by atomic mass is 9.95. The van der Waals surface area contributed by atoms with Crippen molar-refractivity contribution < 1.29 is 4.79 Å². The number of H-pyrrole nitrogens is 1. The molecular formula is C23H31N7O3. The number of pyridine rings is 1. The normalized spacial score (nSPS) is 14.2. The molecule has 1 amide bonds. The van der Waals surface area contributed by atoms with Gasteiger partial charge in [-0.2, -0.15) is 5.26 Å². The molecule has 1 aliphatic heterocycles. The van der Waals surface area contributed by atoms with E-state index in [0.29, 0.717) is 51.0 Å². The van der Waals surface area contributed by atoms with E-state index in [0.717, 1.165) is 18.7 Å². The number of carbonyl (C=O) groups is 1. The van der Waals surface area contributed by atoms with Gasteiger partial charge in [0.1, 0.15) is 17.7 Å². The third-order valence-corrected chi connectivity index (χ3v) is 5.98. The van der Waals surface area contributed by atoms with Crippen molar-refractivity contribution >= 4 is 23.2 Å². The van der Waals surface area contributed by atoms with Gasteiger partial charge < -0.3 is 15.5 Å². The summed E-state index contributed by atoms with van der Waals surface area (Å²) in [6.45, 7) is 5.93. The van der Waals surface area contributed by atoms with Crippen molar-refractivity contribution in [1.29, 1.82) is 5.26 Å². The minimum atomic E-state index is -0.633. The zero-order chi connectivity index (χ0) is 24.0. The van der Waals surface area contributed by atoms with E-state index >= 15 is 0 Å². The summed E-state index contributed by atoms with van der Waals surface area (Å²) in [6, 6.07) is 5.59. The summed E-state index contributed by atoms with van der Waals surface area (Å²) in [7, 11) is 0. The number of carbonyl (C=O) groups excluding carboxylic acids is 1. The molecule has 0 aliphatic carbocycles. The van der Waals surface area contributed by atoms with E-state index in [1.165, 1.54) is 15.7 Å². The molecule has 3 heterocycles. The fraction of sp³-hybridized carbons (Fsp3) is 0.522. The van der Waals surface area contributed by atoms with Crippen LogP contribution >= 0.6 is 0 Å². The third kappa shape index (κ3) is 5.25. The van der Waals surface area contributed by atoms with Crippen LogP contribution in [0.5, 0.6) is 0 Å². The second-order valence-corrected chi connectivity index (χ2v) is 8.27. The maximum absolute atomic E-state index is 13.5. The lowest BCUT2D eigenvalue weighted by Crippen LogP contribution is -2.46. The average molecular weight is 454 g/mol. The van der Waals surface area contributed by atoms with E-state index in [1.807, 2.05) is 19.9 Å². The molecule has 3 N–H and O–H groups in total. The fourth-order valence-corrected chi connectivity index (χ4v) is 4.15. The Morgan fingerprint density at radius 1 is 1.27 bits per heavy atom. The largest absolute Gasteiger partial charge is 0.383 e. The van der Waals surface area contributed by atoms with Gasteiger partial charge in [-0.3, -0.25) is 19.1 Å². The van der Waals surface area contributed by atoms with Crippen LogP contribution in [-0.2, 0) is 11.3 Å². The van der Waals surface area contributed by atoms with Crippen molar-refractivity contribution in [1.82, 2.24) is 14.5 Å². The maximum Gasteiger partial charge on any atom is 0.330 e. The van der Waals surface area contributed by atoms with Crippen LogP contribution in [0.2, 0.25) is 0 Å². The number of nitrogen functional groups attached to an aromatic ring is 1. The second kappa shape index (κ2) is 10.8. The van der Waals surface area contributed by atoms with Crippen LogP contribution in [-0.4, -0.2) is 40.1 Å². The monoisotopic (exact) mass is 453 g/mol. The van der Waals surface area contributed by atoms with E-state index in [-0.39, 0.29) is 23.3 Å². The molecule has 0 saturated carbocycles. The van der Waals surface area contributed by atoms with Crippen molar-refractivity contribution in [2.24, 2.45) is 5.92 Å². The van der Waals surface area contributed by atoms with Gasteiger partial charge in [-0.1, -0.05) is 20.3 Å². The van der Waals surface area contributed by atoms with Crippen LogP contribution in [0, 0.1) is 17.2 Å². The number of nitrogens with one attached hydrogen (secondary N) is 1. The molecule has 1 fully saturated rings. The highest BCUT2D eigenvalue weighted by atomic mass is 16.2. The van der Waals surface area contributed by atoms with E-state index in [4.69, 9.17) is 11.0 Å². The first-order valence-electron chi connectivity index (χ1n) is 11.5. The number of rotatable bonds is 8. The van der Waals surface area contributed by atoms with Gasteiger partial charge in [-0.05, 0) is 37.8 Å². The number of nitrogens with two attached hydrogens (primary N) is 1. The summed E-state index contributed by atoms with van der Waals surface area (Å²) < 4.78 is 1.34. The summed E-state index contributed by atoms with van der Waals surface area (Å²) in [4.78, 5) is 48.7. The first kappa shape index (κ1) is 24.0. The Balaban J connectivity index is 1.80. The summed E-state index contributed by atoms with van der Waals surface area (Å²) in [5.74, 6) is 0.399.